The van der Waals surface area contributed by atoms with Crippen molar-refractivity contribution in [1.29, 1.82) is 0 Å². The first-order valence-corrected chi connectivity index (χ1v) is 8.49. The predicted molar refractivity (Wildman–Crippen MR) is 82.0 cm³/mol. The number of esters is 1. The molecule has 3 atom stereocenters. The molecule has 1 aliphatic carbocycles. The number of ether oxygens (including phenoxy) is 1. The Bertz CT molecular complexity index is 327. The summed E-state index contributed by atoms with van der Waals surface area (Å²) in [5, 5.41) is 9.20. The van der Waals surface area contributed by atoms with Gasteiger partial charge in [-0.25, -0.2) is 0 Å². The number of unbranched alkanes of at least 4 members (excludes halogenated alkanes) is 1. The summed E-state index contributed by atoms with van der Waals surface area (Å²) >= 11 is 0. The van der Waals surface area contributed by atoms with Gasteiger partial charge in [-0.05, 0) is 25.2 Å². The van der Waals surface area contributed by atoms with Gasteiger partial charge in [-0.15, -0.1) is 0 Å². The summed E-state index contributed by atoms with van der Waals surface area (Å²) in [5.41, 5.74) is 0. The average Bonchev–Trinajstić information content (AvgIpc) is 2.50. The molecule has 1 fully saturated rings. The lowest BCUT2D eigenvalue weighted by atomic mass is 9.79. The maximum Gasteiger partial charge on any atom is 0.309 e. The molecule has 0 saturated heterocycles. The fourth-order valence-electron chi connectivity index (χ4n) is 3.19. The number of carbonyl (C=O) groups is 2. The molecule has 1 aliphatic rings. The molecule has 4 nitrogen and oxygen atoms in total. The highest BCUT2D eigenvalue weighted by Gasteiger charge is 2.36. The van der Waals surface area contributed by atoms with Gasteiger partial charge in [0.15, 0.2) is 0 Å². The van der Waals surface area contributed by atoms with Crippen LogP contribution in [0.15, 0.2) is 0 Å². The van der Waals surface area contributed by atoms with E-state index in [0.717, 1.165) is 25.7 Å². The normalized spacial score (nSPS) is 23.5. The number of carboxylic acid groups (broad SMARTS) is 1. The van der Waals surface area contributed by atoms with Crippen LogP contribution < -0.4 is 0 Å². The maximum absolute atomic E-state index is 12.1. The molecule has 3 unspecified atom stereocenters. The van der Waals surface area contributed by atoms with Crippen LogP contribution in [-0.4, -0.2) is 23.7 Å². The fourth-order valence-corrected chi connectivity index (χ4v) is 3.19. The maximum atomic E-state index is 12.1. The van der Waals surface area contributed by atoms with Crippen molar-refractivity contribution in [3.8, 4) is 0 Å². The fraction of sp³-hybridized carbons (Fsp3) is 0.882. The van der Waals surface area contributed by atoms with Crippen molar-refractivity contribution < 1.29 is 19.4 Å². The van der Waals surface area contributed by atoms with Crippen LogP contribution in [0.3, 0.4) is 0 Å². The molecular formula is C17H30O4. The molecule has 0 aromatic rings. The highest BCUT2D eigenvalue weighted by molar-refractivity contribution is 5.81. The average molecular weight is 298 g/mol. The van der Waals surface area contributed by atoms with Crippen LogP contribution in [0.5, 0.6) is 0 Å². The van der Waals surface area contributed by atoms with E-state index in [1.165, 1.54) is 19.3 Å². The quantitative estimate of drug-likeness (QED) is 0.653. The van der Waals surface area contributed by atoms with E-state index < -0.39 is 17.8 Å². The smallest absolute Gasteiger partial charge is 0.309 e. The molecule has 0 aliphatic heterocycles. The third kappa shape index (κ3) is 6.06. The number of aliphatic carboxylic acids is 1. The van der Waals surface area contributed by atoms with Gasteiger partial charge in [0.25, 0.3) is 0 Å². The summed E-state index contributed by atoms with van der Waals surface area (Å²) in [7, 11) is 0. The molecule has 0 amide bonds. The van der Waals surface area contributed by atoms with E-state index in [4.69, 9.17) is 4.74 Å². The minimum atomic E-state index is -0.856. The van der Waals surface area contributed by atoms with Crippen molar-refractivity contribution in [3.05, 3.63) is 0 Å². The van der Waals surface area contributed by atoms with Gasteiger partial charge in [-0.1, -0.05) is 52.4 Å². The highest BCUT2D eigenvalue weighted by atomic mass is 16.5. The van der Waals surface area contributed by atoms with E-state index in [1.807, 2.05) is 0 Å². The van der Waals surface area contributed by atoms with E-state index in [-0.39, 0.29) is 5.97 Å². The number of carboxylic acids is 1. The molecule has 21 heavy (non-hydrogen) atoms. The number of hydrogen-bond acceptors (Lipinski definition) is 3. The second-order valence-corrected chi connectivity index (χ2v) is 6.21. The first-order chi connectivity index (χ1) is 10.1. The van der Waals surface area contributed by atoms with Crippen LogP contribution in [-0.2, 0) is 14.3 Å². The first-order valence-electron chi connectivity index (χ1n) is 8.49. The van der Waals surface area contributed by atoms with Crippen LogP contribution in [0, 0.1) is 17.8 Å². The first kappa shape index (κ1) is 18.0. The Kier molecular flexibility index (Phi) is 8.40. The second-order valence-electron chi connectivity index (χ2n) is 6.21. The van der Waals surface area contributed by atoms with Gasteiger partial charge in [-0.3, -0.25) is 9.59 Å². The van der Waals surface area contributed by atoms with Crippen LogP contribution in [0.1, 0.15) is 71.6 Å². The van der Waals surface area contributed by atoms with Gasteiger partial charge in [0.2, 0.25) is 0 Å². The van der Waals surface area contributed by atoms with E-state index in [1.54, 1.807) is 0 Å². The zero-order valence-corrected chi connectivity index (χ0v) is 13.5. The van der Waals surface area contributed by atoms with E-state index in [0.29, 0.717) is 25.4 Å². The predicted octanol–water partition coefficient (Wildman–Crippen LogP) is 4.03. The summed E-state index contributed by atoms with van der Waals surface area (Å²) in [6.07, 6.45) is 8.69. The van der Waals surface area contributed by atoms with Crippen molar-refractivity contribution >= 4 is 11.9 Å². The number of hydrogen-bond donors (Lipinski definition) is 1. The summed E-state index contributed by atoms with van der Waals surface area (Å²) in [6, 6.07) is 0. The summed E-state index contributed by atoms with van der Waals surface area (Å²) in [4.78, 5) is 23.3. The Morgan fingerprint density at radius 2 is 1.81 bits per heavy atom. The Labute approximate surface area is 128 Å². The Morgan fingerprint density at radius 1 is 1.14 bits per heavy atom. The zero-order chi connectivity index (χ0) is 15.7. The minimum absolute atomic E-state index is 0.299. The van der Waals surface area contributed by atoms with Gasteiger partial charge >= 0.3 is 11.9 Å². The minimum Gasteiger partial charge on any atom is -0.481 e. The van der Waals surface area contributed by atoms with Crippen LogP contribution in [0.2, 0.25) is 0 Å². The monoisotopic (exact) mass is 298 g/mol. The number of rotatable bonds is 9. The van der Waals surface area contributed by atoms with Gasteiger partial charge in [0.1, 0.15) is 0 Å². The molecule has 0 aromatic heterocycles. The molecule has 0 heterocycles. The van der Waals surface area contributed by atoms with E-state index in [9.17, 15) is 14.7 Å². The van der Waals surface area contributed by atoms with Crippen LogP contribution in [0.4, 0.5) is 0 Å². The lowest BCUT2D eigenvalue weighted by Gasteiger charge is -2.27. The number of carbonyl (C=O) groups excluding carboxylic acids is 1. The highest BCUT2D eigenvalue weighted by Crippen LogP contribution is 2.31. The molecule has 0 radical (unpaired) electrons. The van der Waals surface area contributed by atoms with Crippen molar-refractivity contribution in [3.63, 3.8) is 0 Å². The van der Waals surface area contributed by atoms with Gasteiger partial charge < -0.3 is 9.84 Å². The second kappa shape index (κ2) is 9.80. The van der Waals surface area contributed by atoms with Crippen LogP contribution >= 0.6 is 0 Å². The summed E-state index contributed by atoms with van der Waals surface area (Å²) < 4.78 is 5.37. The summed E-state index contributed by atoms with van der Waals surface area (Å²) in [5.74, 6) is -1.53. The molecule has 1 N–H and O–H groups in total. The lowest BCUT2D eigenvalue weighted by Crippen LogP contribution is -2.34. The topological polar surface area (TPSA) is 63.6 Å². The molecule has 1 saturated carbocycles. The molecule has 122 valence electrons. The van der Waals surface area contributed by atoms with Crippen molar-refractivity contribution in [2.45, 2.75) is 71.6 Å². The van der Waals surface area contributed by atoms with E-state index >= 15 is 0 Å². The molecule has 0 bridgehead atoms. The molecule has 0 aromatic carbocycles. The molecule has 0 spiro atoms. The zero-order valence-electron chi connectivity index (χ0n) is 13.5. The standard InChI is InChI=1S/C17H30O4/c1-3-5-8-13(4-2)11-12-21-17(20)15-10-7-6-9-14(15)16(18)19/h13-15H,3-12H2,1-2H3,(H,18,19). The third-order valence-electron chi connectivity index (χ3n) is 4.70. The van der Waals surface area contributed by atoms with Gasteiger partial charge in [0.05, 0.1) is 18.4 Å². The Hall–Kier alpha value is -1.06. The third-order valence-corrected chi connectivity index (χ3v) is 4.70. The van der Waals surface area contributed by atoms with Crippen molar-refractivity contribution in [2.24, 2.45) is 17.8 Å². The lowest BCUT2D eigenvalue weighted by molar-refractivity contribution is -0.160. The van der Waals surface area contributed by atoms with E-state index in [2.05, 4.69) is 13.8 Å². The largest absolute Gasteiger partial charge is 0.481 e. The molecular weight excluding hydrogens is 268 g/mol. The van der Waals surface area contributed by atoms with Gasteiger partial charge in [0, 0.05) is 0 Å². The Morgan fingerprint density at radius 3 is 2.38 bits per heavy atom. The van der Waals surface area contributed by atoms with Gasteiger partial charge in [-0.2, -0.15) is 0 Å². The summed E-state index contributed by atoms with van der Waals surface area (Å²) in [6.45, 7) is 4.79. The Balaban J connectivity index is 2.36. The SMILES string of the molecule is CCCCC(CC)CCOC(=O)C1CCCCC1C(=O)O. The van der Waals surface area contributed by atoms with Crippen LogP contribution in [0.25, 0.3) is 0 Å². The van der Waals surface area contributed by atoms with Crippen molar-refractivity contribution in [2.75, 3.05) is 6.61 Å². The van der Waals surface area contributed by atoms with Crippen molar-refractivity contribution in [1.82, 2.24) is 0 Å². The molecule has 1 rings (SSSR count). The molecule has 4 heteroatoms.